The summed E-state index contributed by atoms with van der Waals surface area (Å²) in [6.45, 7) is 6.42. The van der Waals surface area contributed by atoms with Gasteiger partial charge in [0, 0.05) is 12.0 Å². The van der Waals surface area contributed by atoms with Crippen LogP contribution in [0.3, 0.4) is 0 Å². The Morgan fingerprint density at radius 3 is 2.75 bits per heavy atom. The second-order valence-corrected chi connectivity index (χ2v) is 7.08. The third-order valence-corrected chi connectivity index (χ3v) is 5.28. The Bertz CT molecular complexity index is 486. The Morgan fingerprint density at radius 1 is 1.45 bits per heavy atom. The van der Waals surface area contributed by atoms with Crippen molar-refractivity contribution in [2.45, 2.75) is 39.7 Å². The molecule has 1 aromatic rings. The highest BCUT2D eigenvalue weighted by Crippen LogP contribution is 2.44. The van der Waals surface area contributed by atoms with Gasteiger partial charge in [-0.2, -0.15) is 0 Å². The monoisotopic (exact) mass is 339 g/mol. The van der Waals surface area contributed by atoms with E-state index in [2.05, 4.69) is 47.0 Å². The zero-order valence-electron chi connectivity index (χ0n) is 12.2. The lowest BCUT2D eigenvalue weighted by molar-refractivity contribution is -0.127. The molecule has 0 saturated heterocycles. The number of aromatic nitrogens is 1. The molecule has 3 N–H and O–H groups in total. The number of nitrogens with zero attached hydrogens (tertiary/aromatic N) is 1. The third kappa shape index (κ3) is 3.04. The smallest absolute Gasteiger partial charge is 0.228 e. The van der Waals surface area contributed by atoms with Crippen LogP contribution in [0.4, 0.5) is 5.69 Å². The molecule has 0 bridgehead atoms. The minimum absolute atomic E-state index is 0.0130. The van der Waals surface area contributed by atoms with Gasteiger partial charge < -0.3 is 11.1 Å². The lowest BCUT2D eigenvalue weighted by Gasteiger charge is -2.46. The van der Waals surface area contributed by atoms with E-state index in [1.54, 1.807) is 6.20 Å². The number of anilines is 1. The number of pyridine rings is 1. The summed E-state index contributed by atoms with van der Waals surface area (Å²) in [5.74, 6) is 0.383. The van der Waals surface area contributed by atoms with Crippen molar-refractivity contribution in [3.05, 3.63) is 22.9 Å². The number of nitrogens with one attached hydrogen (secondary N) is 1. The highest BCUT2D eigenvalue weighted by molar-refractivity contribution is 9.10. The number of nitrogens with two attached hydrogens (primary N) is 1. The Labute approximate surface area is 128 Å². The van der Waals surface area contributed by atoms with E-state index in [0.717, 1.165) is 23.1 Å². The fourth-order valence-electron chi connectivity index (χ4n) is 3.00. The maximum Gasteiger partial charge on any atom is 0.228 e. The minimum Gasteiger partial charge on any atom is -0.327 e. The maximum atomic E-state index is 12.5. The molecule has 1 fully saturated rings. The Kier molecular flexibility index (Phi) is 4.49. The van der Waals surface area contributed by atoms with Crippen molar-refractivity contribution in [2.24, 2.45) is 23.0 Å². The summed E-state index contributed by atoms with van der Waals surface area (Å²) in [5.41, 5.74) is 6.78. The predicted octanol–water partition coefficient (Wildman–Crippen LogP) is 3.18. The number of amides is 1. The summed E-state index contributed by atoms with van der Waals surface area (Å²) < 4.78 is 0.757. The number of halogens is 1. The van der Waals surface area contributed by atoms with Crippen LogP contribution in [0.1, 0.15) is 33.6 Å². The highest BCUT2D eigenvalue weighted by atomic mass is 79.9. The molecule has 1 aliphatic carbocycles. The maximum absolute atomic E-state index is 12.5. The Morgan fingerprint density at radius 2 is 2.15 bits per heavy atom. The molecule has 0 aromatic carbocycles. The second kappa shape index (κ2) is 5.82. The van der Waals surface area contributed by atoms with Crippen molar-refractivity contribution < 1.29 is 4.79 Å². The van der Waals surface area contributed by atoms with Gasteiger partial charge in [0.1, 0.15) is 4.60 Å². The largest absolute Gasteiger partial charge is 0.327 e. The van der Waals surface area contributed by atoms with E-state index in [-0.39, 0.29) is 23.3 Å². The third-order valence-electron chi connectivity index (χ3n) is 4.81. The molecule has 0 spiro atoms. The van der Waals surface area contributed by atoms with E-state index in [4.69, 9.17) is 5.73 Å². The first-order valence-corrected chi connectivity index (χ1v) is 7.79. The number of hydrogen-bond donors (Lipinski definition) is 2. The van der Waals surface area contributed by atoms with Crippen LogP contribution in [0.5, 0.6) is 0 Å². The number of carbonyl (C=O) groups is 1. The molecule has 3 atom stereocenters. The topological polar surface area (TPSA) is 68.0 Å². The summed E-state index contributed by atoms with van der Waals surface area (Å²) in [5, 5.41) is 2.97. The van der Waals surface area contributed by atoms with Crippen molar-refractivity contribution in [1.82, 2.24) is 4.98 Å². The van der Waals surface area contributed by atoms with Crippen LogP contribution in [-0.4, -0.2) is 16.9 Å². The summed E-state index contributed by atoms with van der Waals surface area (Å²) >= 11 is 3.28. The van der Waals surface area contributed by atoms with Gasteiger partial charge in [-0.05, 0) is 52.2 Å². The molecule has 4 nitrogen and oxygen atoms in total. The molecular formula is C15H22BrN3O. The van der Waals surface area contributed by atoms with Gasteiger partial charge in [-0.15, -0.1) is 0 Å². The van der Waals surface area contributed by atoms with Crippen LogP contribution in [0.2, 0.25) is 0 Å². The van der Waals surface area contributed by atoms with Crippen LogP contribution in [-0.2, 0) is 4.79 Å². The molecule has 1 amide bonds. The summed E-state index contributed by atoms with van der Waals surface area (Å²) in [6.07, 6.45) is 3.41. The van der Waals surface area contributed by atoms with Gasteiger partial charge in [0.2, 0.25) is 5.91 Å². The van der Waals surface area contributed by atoms with Crippen LogP contribution < -0.4 is 11.1 Å². The van der Waals surface area contributed by atoms with Gasteiger partial charge >= 0.3 is 0 Å². The van der Waals surface area contributed by atoms with E-state index in [9.17, 15) is 4.79 Å². The van der Waals surface area contributed by atoms with Gasteiger partial charge in [-0.25, -0.2) is 4.98 Å². The highest BCUT2D eigenvalue weighted by Gasteiger charge is 2.44. The summed E-state index contributed by atoms with van der Waals surface area (Å²) in [4.78, 5) is 16.7. The number of rotatable bonds is 2. The van der Waals surface area contributed by atoms with E-state index in [0.29, 0.717) is 5.92 Å². The molecule has 1 aromatic heterocycles. The molecule has 0 radical (unpaired) electrons. The minimum atomic E-state index is -0.0927. The van der Waals surface area contributed by atoms with Crippen molar-refractivity contribution in [3.63, 3.8) is 0 Å². The predicted molar refractivity (Wildman–Crippen MR) is 84.2 cm³/mol. The average Bonchev–Trinajstić information content (AvgIpc) is 2.38. The standard InChI is InChI=1S/C15H22BrN3O/c1-9-12(17)6-5-11(15(9,2)3)14(20)19-10-4-7-13(16)18-8-10/h4,7-9,11-12H,5-6,17H2,1-3H3,(H,19,20). The van der Waals surface area contributed by atoms with Gasteiger partial charge in [0.25, 0.3) is 0 Å². The molecule has 5 heteroatoms. The van der Waals surface area contributed by atoms with Gasteiger partial charge in [-0.3, -0.25) is 4.79 Å². The van der Waals surface area contributed by atoms with E-state index >= 15 is 0 Å². The molecule has 3 unspecified atom stereocenters. The van der Waals surface area contributed by atoms with Crippen molar-refractivity contribution in [1.29, 1.82) is 0 Å². The van der Waals surface area contributed by atoms with Crippen molar-refractivity contribution >= 4 is 27.5 Å². The van der Waals surface area contributed by atoms with Crippen LogP contribution >= 0.6 is 15.9 Å². The first kappa shape index (κ1) is 15.4. The quantitative estimate of drug-likeness (QED) is 0.813. The SMILES string of the molecule is CC1C(N)CCC(C(=O)Nc2ccc(Br)nc2)C1(C)C. The molecular weight excluding hydrogens is 318 g/mol. The van der Waals surface area contributed by atoms with Gasteiger partial charge in [-0.1, -0.05) is 20.8 Å². The van der Waals surface area contributed by atoms with Crippen LogP contribution in [0.15, 0.2) is 22.9 Å². The first-order chi connectivity index (χ1) is 9.32. The lowest BCUT2D eigenvalue weighted by atomic mass is 9.61. The normalized spacial score (nSPS) is 28.9. The van der Waals surface area contributed by atoms with E-state index in [1.165, 1.54) is 0 Å². The zero-order chi connectivity index (χ0) is 14.9. The molecule has 110 valence electrons. The Hall–Kier alpha value is -0.940. The van der Waals surface area contributed by atoms with E-state index < -0.39 is 0 Å². The molecule has 1 heterocycles. The molecule has 2 rings (SSSR count). The van der Waals surface area contributed by atoms with Gasteiger partial charge in [0.05, 0.1) is 11.9 Å². The van der Waals surface area contributed by atoms with Crippen molar-refractivity contribution in [2.75, 3.05) is 5.32 Å². The average molecular weight is 340 g/mol. The Balaban J connectivity index is 2.10. The first-order valence-electron chi connectivity index (χ1n) is 7.00. The van der Waals surface area contributed by atoms with Crippen LogP contribution in [0, 0.1) is 17.3 Å². The van der Waals surface area contributed by atoms with Gasteiger partial charge in [0.15, 0.2) is 0 Å². The number of hydrogen-bond acceptors (Lipinski definition) is 3. The summed E-state index contributed by atoms with van der Waals surface area (Å²) in [6, 6.07) is 3.85. The fourth-order valence-corrected chi connectivity index (χ4v) is 3.23. The van der Waals surface area contributed by atoms with Crippen LogP contribution in [0.25, 0.3) is 0 Å². The van der Waals surface area contributed by atoms with E-state index in [1.807, 2.05) is 12.1 Å². The van der Waals surface area contributed by atoms with Crippen molar-refractivity contribution in [3.8, 4) is 0 Å². The number of carbonyl (C=O) groups excluding carboxylic acids is 1. The molecule has 1 aliphatic rings. The second-order valence-electron chi connectivity index (χ2n) is 6.26. The lowest BCUT2D eigenvalue weighted by Crippen LogP contribution is -2.50. The molecule has 0 aliphatic heterocycles. The summed E-state index contributed by atoms with van der Waals surface area (Å²) in [7, 11) is 0. The zero-order valence-corrected chi connectivity index (χ0v) is 13.8. The fraction of sp³-hybridized carbons (Fsp3) is 0.600. The molecule has 20 heavy (non-hydrogen) atoms. The molecule has 1 saturated carbocycles.